The molecule has 1 atom stereocenters. The number of ether oxygens (including phenoxy) is 1. The quantitative estimate of drug-likeness (QED) is 0.497. The van der Waals surface area contributed by atoms with Crippen LogP contribution in [0.3, 0.4) is 0 Å². The lowest BCUT2D eigenvalue weighted by Gasteiger charge is -2.39. The number of esters is 1. The zero-order chi connectivity index (χ0) is 25.9. The Morgan fingerprint density at radius 3 is 2.49 bits per heavy atom. The minimum absolute atomic E-state index is 0.166. The van der Waals surface area contributed by atoms with Gasteiger partial charge in [0.15, 0.2) is 0 Å². The molecule has 9 heteroatoms. The minimum atomic E-state index is -0.211. The smallest absolute Gasteiger partial charge is 0.305 e. The van der Waals surface area contributed by atoms with Gasteiger partial charge >= 0.3 is 5.97 Å². The Kier molecular flexibility index (Phi) is 10.8. The molecule has 4 rings (SSSR count). The van der Waals surface area contributed by atoms with Gasteiger partial charge in [0.05, 0.1) is 6.61 Å². The van der Waals surface area contributed by atoms with Crippen molar-refractivity contribution in [3.05, 3.63) is 12.3 Å². The number of amides is 1. The summed E-state index contributed by atoms with van der Waals surface area (Å²) in [4.78, 5) is 40.6. The molecule has 0 aromatic carbocycles. The molecule has 1 unspecified atom stereocenters. The van der Waals surface area contributed by atoms with Crippen LogP contribution >= 0.6 is 0 Å². The van der Waals surface area contributed by atoms with Crippen molar-refractivity contribution in [3.63, 3.8) is 0 Å². The summed E-state index contributed by atoms with van der Waals surface area (Å²) in [5.41, 5.74) is 0. The first kappa shape index (κ1) is 27.6. The minimum Gasteiger partial charge on any atom is -0.466 e. The van der Waals surface area contributed by atoms with E-state index in [2.05, 4.69) is 20.1 Å². The van der Waals surface area contributed by atoms with Crippen molar-refractivity contribution >= 4 is 23.6 Å². The number of hydrogen-bond donors (Lipinski definition) is 1. The highest BCUT2D eigenvalue weighted by Crippen LogP contribution is 2.24. The van der Waals surface area contributed by atoms with E-state index < -0.39 is 0 Å². The van der Waals surface area contributed by atoms with Crippen LogP contribution in [-0.4, -0.2) is 89.6 Å². The van der Waals surface area contributed by atoms with Gasteiger partial charge in [0, 0.05) is 63.8 Å². The van der Waals surface area contributed by atoms with Crippen LogP contribution in [0.4, 0.5) is 11.8 Å². The van der Waals surface area contributed by atoms with E-state index in [1.807, 2.05) is 17.2 Å². The zero-order valence-electron chi connectivity index (χ0n) is 22.7. The molecule has 0 bridgehead atoms. The van der Waals surface area contributed by atoms with Crippen molar-refractivity contribution in [1.82, 2.24) is 19.8 Å². The number of carbonyl (C=O) groups excluding carboxylic acids is 2. The largest absolute Gasteiger partial charge is 0.466 e. The van der Waals surface area contributed by atoms with Crippen molar-refractivity contribution < 1.29 is 14.3 Å². The molecule has 1 amide bonds. The Bertz CT molecular complexity index is 852. The lowest BCUT2D eigenvalue weighted by molar-refractivity contribution is -0.143. The highest BCUT2D eigenvalue weighted by molar-refractivity contribution is 5.77. The van der Waals surface area contributed by atoms with Gasteiger partial charge in [0.1, 0.15) is 5.82 Å². The number of nitrogens with zero attached hydrogens (tertiary/aromatic N) is 5. The van der Waals surface area contributed by atoms with E-state index in [-0.39, 0.29) is 11.9 Å². The Hall–Kier alpha value is -2.42. The predicted molar refractivity (Wildman–Crippen MR) is 146 cm³/mol. The number of hydrogen-bond acceptors (Lipinski definition) is 8. The average molecular weight is 515 g/mol. The van der Waals surface area contributed by atoms with E-state index in [1.54, 1.807) is 6.92 Å². The SMILES string of the molecule is CCOC(=O)CCCC(=O)N1CCC(N2CCCCC(Nc3nccc(N4CCCCCC4)n3)C2)CC1. The maximum atomic E-state index is 12.6. The molecule has 37 heavy (non-hydrogen) atoms. The topological polar surface area (TPSA) is 90.9 Å². The van der Waals surface area contributed by atoms with Crippen LogP contribution in [0.15, 0.2) is 12.3 Å². The molecule has 206 valence electrons. The summed E-state index contributed by atoms with van der Waals surface area (Å²) in [6.45, 7) is 8.08. The van der Waals surface area contributed by atoms with Crippen LogP contribution in [0.1, 0.15) is 84.0 Å². The molecule has 3 aliphatic rings. The average Bonchev–Trinajstić information content (AvgIpc) is 3.33. The standard InChI is InChI=1S/C28H46N6O3/c1-2-37-27(36)12-9-11-26(35)33-20-14-24(15-21-33)34-19-8-5-10-23(22-34)30-28-29-16-13-25(31-28)32-17-6-3-4-7-18-32/h13,16,23-24H,2-12,14-15,17-22H2,1H3,(H,29,30,31). The van der Waals surface area contributed by atoms with Crippen LogP contribution in [0, 0.1) is 0 Å². The molecule has 0 spiro atoms. The monoisotopic (exact) mass is 514 g/mol. The summed E-state index contributed by atoms with van der Waals surface area (Å²) in [5, 5.41) is 3.66. The normalized spacial score (nSPS) is 22.2. The molecule has 4 heterocycles. The number of anilines is 2. The third kappa shape index (κ3) is 8.55. The van der Waals surface area contributed by atoms with Crippen molar-refractivity contribution in [2.24, 2.45) is 0 Å². The molecule has 0 aliphatic carbocycles. The Balaban J connectivity index is 1.24. The zero-order valence-corrected chi connectivity index (χ0v) is 22.7. The second kappa shape index (κ2) is 14.5. The van der Waals surface area contributed by atoms with E-state index in [4.69, 9.17) is 9.72 Å². The second-order valence-corrected chi connectivity index (χ2v) is 10.7. The van der Waals surface area contributed by atoms with Gasteiger partial charge in [-0.15, -0.1) is 0 Å². The van der Waals surface area contributed by atoms with Gasteiger partial charge in [-0.05, 0) is 64.5 Å². The van der Waals surface area contributed by atoms with Gasteiger partial charge in [-0.2, -0.15) is 4.98 Å². The van der Waals surface area contributed by atoms with Crippen molar-refractivity contribution in [2.45, 2.75) is 96.1 Å². The van der Waals surface area contributed by atoms with E-state index in [0.717, 1.165) is 70.3 Å². The van der Waals surface area contributed by atoms with Gasteiger partial charge in [0.2, 0.25) is 11.9 Å². The van der Waals surface area contributed by atoms with Crippen LogP contribution in [-0.2, 0) is 14.3 Å². The summed E-state index contributed by atoms with van der Waals surface area (Å²) in [7, 11) is 0. The predicted octanol–water partition coefficient (Wildman–Crippen LogP) is 3.85. The fraction of sp³-hybridized carbons (Fsp3) is 0.786. The van der Waals surface area contributed by atoms with Gasteiger partial charge in [-0.1, -0.05) is 19.3 Å². The summed E-state index contributed by atoms with van der Waals surface area (Å²) < 4.78 is 4.96. The lowest BCUT2D eigenvalue weighted by atomic mass is 10.0. The first-order valence-corrected chi connectivity index (χ1v) is 14.6. The molecule has 1 aromatic rings. The van der Waals surface area contributed by atoms with E-state index in [0.29, 0.717) is 38.0 Å². The number of nitrogens with one attached hydrogen (secondary N) is 1. The summed E-state index contributed by atoms with van der Waals surface area (Å²) in [6.07, 6.45) is 13.9. The van der Waals surface area contributed by atoms with Crippen molar-refractivity contribution in [1.29, 1.82) is 0 Å². The van der Waals surface area contributed by atoms with Gasteiger partial charge in [-0.25, -0.2) is 4.98 Å². The van der Waals surface area contributed by atoms with Crippen molar-refractivity contribution in [3.8, 4) is 0 Å². The van der Waals surface area contributed by atoms with Crippen LogP contribution in [0.25, 0.3) is 0 Å². The fourth-order valence-electron chi connectivity index (χ4n) is 5.95. The van der Waals surface area contributed by atoms with Crippen LogP contribution in [0.5, 0.6) is 0 Å². The Morgan fingerprint density at radius 1 is 0.973 bits per heavy atom. The maximum absolute atomic E-state index is 12.6. The lowest BCUT2D eigenvalue weighted by Crippen LogP contribution is -2.49. The molecule has 9 nitrogen and oxygen atoms in total. The fourth-order valence-corrected chi connectivity index (χ4v) is 5.95. The number of rotatable bonds is 9. The van der Waals surface area contributed by atoms with E-state index in [9.17, 15) is 9.59 Å². The molecule has 3 saturated heterocycles. The number of aromatic nitrogens is 2. The molecular formula is C28H46N6O3. The number of likely N-dealkylation sites (tertiary alicyclic amines) is 2. The Morgan fingerprint density at radius 2 is 1.73 bits per heavy atom. The number of carbonyl (C=O) groups is 2. The highest BCUT2D eigenvalue weighted by atomic mass is 16.5. The van der Waals surface area contributed by atoms with Crippen molar-refractivity contribution in [2.75, 3.05) is 56.1 Å². The van der Waals surface area contributed by atoms with Gasteiger partial charge < -0.3 is 19.9 Å². The van der Waals surface area contributed by atoms with Crippen LogP contribution in [0.2, 0.25) is 0 Å². The molecule has 3 aliphatic heterocycles. The highest BCUT2D eigenvalue weighted by Gasteiger charge is 2.29. The van der Waals surface area contributed by atoms with E-state index >= 15 is 0 Å². The van der Waals surface area contributed by atoms with Gasteiger partial charge in [0.25, 0.3) is 0 Å². The molecule has 1 aromatic heterocycles. The molecule has 3 fully saturated rings. The summed E-state index contributed by atoms with van der Waals surface area (Å²) in [6, 6.07) is 2.89. The molecule has 0 radical (unpaired) electrons. The maximum Gasteiger partial charge on any atom is 0.305 e. The van der Waals surface area contributed by atoms with E-state index in [1.165, 1.54) is 38.5 Å². The summed E-state index contributed by atoms with van der Waals surface area (Å²) >= 11 is 0. The molecule has 0 saturated carbocycles. The first-order valence-electron chi connectivity index (χ1n) is 14.6. The third-order valence-electron chi connectivity index (χ3n) is 8.02. The molecule has 1 N–H and O–H groups in total. The number of piperidine rings is 1. The third-order valence-corrected chi connectivity index (χ3v) is 8.02. The van der Waals surface area contributed by atoms with Gasteiger partial charge in [-0.3, -0.25) is 14.5 Å². The first-order chi connectivity index (χ1) is 18.1. The van der Waals surface area contributed by atoms with Crippen LogP contribution < -0.4 is 10.2 Å². The second-order valence-electron chi connectivity index (χ2n) is 10.7. The molecular weight excluding hydrogens is 468 g/mol. The summed E-state index contributed by atoms with van der Waals surface area (Å²) in [5.74, 6) is 1.75. The Labute approximate surface area is 222 Å².